The topological polar surface area (TPSA) is 68.9 Å². The van der Waals surface area contributed by atoms with Gasteiger partial charge in [-0.1, -0.05) is 6.07 Å². The summed E-state index contributed by atoms with van der Waals surface area (Å²) in [6.45, 7) is 3.92. The van der Waals surface area contributed by atoms with E-state index in [0.717, 1.165) is 11.0 Å². The van der Waals surface area contributed by atoms with Crippen molar-refractivity contribution in [1.82, 2.24) is 0 Å². The van der Waals surface area contributed by atoms with Crippen molar-refractivity contribution in [3.63, 3.8) is 0 Å². The number of hydrogen-bond donors (Lipinski definition) is 1. The summed E-state index contributed by atoms with van der Waals surface area (Å²) in [6, 6.07) is 6.92. The van der Waals surface area contributed by atoms with Crippen LogP contribution in [0.2, 0.25) is 0 Å². The zero-order valence-corrected chi connectivity index (χ0v) is 12.6. The maximum atomic E-state index is 11.6. The van der Waals surface area contributed by atoms with Crippen LogP contribution >= 0.6 is 0 Å². The minimum absolute atomic E-state index is 0.233. The fraction of sp³-hybridized carbons (Fsp3) is 0.235. The van der Waals surface area contributed by atoms with Gasteiger partial charge < -0.3 is 19.0 Å². The largest absolute Gasteiger partial charge is 0.507 e. The molecular formula is C17H16O5. The number of carbonyl (C=O) groups excluding carboxylic acids is 1. The monoisotopic (exact) mass is 300 g/mol. The SMILES string of the molecule is COC(=O)c1ccc2cc(C3=C(C)C(O)=C(C)CO3)oc2c1. The number of allylic oxidation sites excluding steroid dienone is 1. The van der Waals surface area contributed by atoms with Crippen LogP contribution in [0.4, 0.5) is 0 Å². The van der Waals surface area contributed by atoms with Crippen molar-refractivity contribution in [1.29, 1.82) is 0 Å². The van der Waals surface area contributed by atoms with Gasteiger partial charge in [0.15, 0.2) is 11.5 Å². The number of hydrogen-bond acceptors (Lipinski definition) is 5. The van der Waals surface area contributed by atoms with E-state index < -0.39 is 5.97 Å². The number of esters is 1. The summed E-state index contributed by atoms with van der Waals surface area (Å²) in [5, 5.41) is 10.9. The molecule has 1 aliphatic rings. The highest BCUT2D eigenvalue weighted by molar-refractivity contribution is 5.94. The van der Waals surface area contributed by atoms with Crippen molar-refractivity contribution in [2.75, 3.05) is 13.7 Å². The molecule has 0 atom stereocenters. The van der Waals surface area contributed by atoms with Crippen LogP contribution in [0.5, 0.6) is 0 Å². The molecule has 0 fully saturated rings. The van der Waals surface area contributed by atoms with Gasteiger partial charge >= 0.3 is 5.97 Å². The second-order valence-corrected chi connectivity index (χ2v) is 5.23. The minimum Gasteiger partial charge on any atom is -0.507 e. The van der Waals surface area contributed by atoms with Crippen molar-refractivity contribution in [2.45, 2.75) is 13.8 Å². The molecule has 0 amide bonds. The molecule has 0 bridgehead atoms. The first kappa shape index (κ1) is 14.3. The van der Waals surface area contributed by atoms with Gasteiger partial charge in [-0.25, -0.2) is 4.79 Å². The molecule has 114 valence electrons. The number of aliphatic hydroxyl groups is 1. The lowest BCUT2D eigenvalue weighted by molar-refractivity contribution is 0.0601. The maximum absolute atomic E-state index is 11.6. The predicted octanol–water partition coefficient (Wildman–Crippen LogP) is 3.81. The molecule has 3 rings (SSSR count). The molecule has 5 heteroatoms. The van der Waals surface area contributed by atoms with Crippen molar-refractivity contribution in [2.24, 2.45) is 0 Å². The summed E-state index contributed by atoms with van der Waals surface area (Å²) in [6.07, 6.45) is 0. The Morgan fingerprint density at radius 3 is 2.77 bits per heavy atom. The molecule has 1 aromatic heterocycles. The van der Waals surface area contributed by atoms with Crippen LogP contribution in [0.1, 0.15) is 30.0 Å². The Hall–Kier alpha value is -2.69. The van der Waals surface area contributed by atoms with Gasteiger partial charge in [-0.05, 0) is 32.0 Å². The van der Waals surface area contributed by atoms with E-state index in [0.29, 0.717) is 34.8 Å². The first-order valence-corrected chi connectivity index (χ1v) is 6.86. The predicted molar refractivity (Wildman–Crippen MR) is 81.4 cm³/mol. The summed E-state index contributed by atoms with van der Waals surface area (Å²) >= 11 is 0. The van der Waals surface area contributed by atoms with Gasteiger partial charge in [-0.3, -0.25) is 0 Å². The number of aliphatic hydroxyl groups excluding tert-OH is 1. The van der Waals surface area contributed by atoms with E-state index in [4.69, 9.17) is 13.9 Å². The Kier molecular flexibility index (Phi) is 3.41. The lowest BCUT2D eigenvalue weighted by atomic mass is 10.1. The Balaban J connectivity index is 2.08. The van der Waals surface area contributed by atoms with Crippen LogP contribution in [0.3, 0.4) is 0 Å². The Morgan fingerprint density at radius 1 is 1.27 bits per heavy atom. The highest BCUT2D eigenvalue weighted by atomic mass is 16.5. The van der Waals surface area contributed by atoms with Crippen LogP contribution in [0, 0.1) is 0 Å². The molecule has 2 heterocycles. The van der Waals surface area contributed by atoms with Crippen LogP contribution in [0.25, 0.3) is 16.7 Å². The number of carbonyl (C=O) groups is 1. The number of benzene rings is 1. The van der Waals surface area contributed by atoms with Gasteiger partial charge in [0.25, 0.3) is 0 Å². The number of furan rings is 1. The van der Waals surface area contributed by atoms with E-state index >= 15 is 0 Å². The molecule has 1 N–H and O–H groups in total. The summed E-state index contributed by atoms with van der Waals surface area (Å²) in [7, 11) is 1.33. The Morgan fingerprint density at radius 2 is 2.05 bits per heavy atom. The fourth-order valence-corrected chi connectivity index (χ4v) is 2.43. The smallest absolute Gasteiger partial charge is 0.337 e. The third-order valence-electron chi connectivity index (χ3n) is 3.70. The highest BCUT2D eigenvalue weighted by Gasteiger charge is 2.21. The van der Waals surface area contributed by atoms with Crippen LogP contribution in [0.15, 0.2) is 45.6 Å². The molecule has 1 aromatic carbocycles. The lowest BCUT2D eigenvalue weighted by Crippen LogP contribution is -2.08. The summed E-state index contributed by atoms with van der Waals surface area (Å²) in [4.78, 5) is 11.6. The molecule has 2 aromatic rings. The van der Waals surface area contributed by atoms with Crippen LogP contribution in [-0.4, -0.2) is 24.8 Å². The fourth-order valence-electron chi connectivity index (χ4n) is 2.43. The Bertz CT molecular complexity index is 823. The van der Waals surface area contributed by atoms with Crippen molar-refractivity contribution in [3.8, 4) is 0 Å². The number of methoxy groups -OCH3 is 1. The van der Waals surface area contributed by atoms with E-state index in [1.807, 2.05) is 13.0 Å². The van der Waals surface area contributed by atoms with Gasteiger partial charge in [0.1, 0.15) is 17.9 Å². The molecule has 0 aliphatic carbocycles. The quantitative estimate of drug-likeness (QED) is 0.854. The van der Waals surface area contributed by atoms with Gasteiger partial charge in [-0.15, -0.1) is 0 Å². The van der Waals surface area contributed by atoms with Gasteiger partial charge in [0.2, 0.25) is 0 Å². The zero-order chi connectivity index (χ0) is 15.9. The second-order valence-electron chi connectivity index (χ2n) is 5.23. The van der Waals surface area contributed by atoms with Crippen molar-refractivity contribution < 1.29 is 23.8 Å². The van der Waals surface area contributed by atoms with Crippen LogP contribution < -0.4 is 0 Å². The van der Waals surface area contributed by atoms with E-state index in [1.165, 1.54) is 7.11 Å². The first-order valence-electron chi connectivity index (χ1n) is 6.86. The molecule has 22 heavy (non-hydrogen) atoms. The molecular weight excluding hydrogens is 284 g/mol. The van der Waals surface area contributed by atoms with Crippen LogP contribution in [-0.2, 0) is 9.47 Å². The number of fused-ring (bicyclic) bond motifs is 1. The van der Waals surface area contributed by atoms with Crippen molar-refractivity contribution >= 4 is 22.7 Å². The molecule has 0 saturated heterocycles. The second kappa shape index (κ2) is 5.26. The zero-order valence-electron chi connectivity index (χ0n) is 12.6. The third-order valence-corrected chi connectivity index (χ3v) is 3.70. The normalized spacial score (nSPS) is 15.2. The van der Waals surface area contributed by atoms with E-state index in [9.17, 15) is 9.90 Å². The average Bonchev–Trinajstić information content (AvgIpc) is 2.94. The molecule has 0 spiro atoms. The molecule has 1 aliphatic heterocycles. The number of rotatable bonds is 2. The third kappa shape index (κ3) is 2.24. The molecule has 0 saturated carbocycles. The van der Waals surface area contributed by atoms with E-state index in [2.05, 4.69) is 0 Å². The lowest BCUT2D eigenvalue weighted by Gasteiger charge is -2.18. The standard InChI is InChI=1S/C17H16O5/c1-9-8-21-16(10(2)15(9)18)14-6-11-4-5-12(17(19)20-3)7-13(11)22-14/h4-7,18H,8H2,1-3H3. The Labute approximate surface area is 127 Å². The summed E-state index contributed by atoms with van der Waals surface area (Å²) < 4.78 is 16.1. The average molecular weight is 300 g/mol. The number of ether oxygens (including phenoxy) is 2. The first-order chi connectivity index (χ1) is 10.5. The van der Waals surface area contributed by atoms with Crippen molar-refractivity contribution in [3.05, 3.63) is 52.5 Å². The summed E-state index contributed by atoms with van der Waals surface area (Å²) in [5.74, 6) is 0.852. The van der Waals surface area contributed by atoms with Gasteiger partial charge in [-0.2, -0.15) is 0 Å². The molecule has 0 radical (unpaired) electrons. The molecule has 5 nitrogen and oxygen atoms in total. The molecule has 0 unspecified atom stereocenters. The highest BCUT2D eigenvalue weighted by Crippen LogP contribution is 2.33. The van der Waals surface area contributed by atoms with E-state index in [1.54, 1.807) is 25.1 Å². The summed E-state index contributed by atoms with van der Waals surface area (Å²) in [5.41, 5.74) is 2.40. The maximum Gasteiger partial charge on any atom is 0.337 e. The minimum atomic E-state index is -0.416. The van der Waals surface area contributed by atoms with E-state index in [-0.39, 0.29) is 5.76 Å². The van der Waals surface area contributed by atoms with Gasteiger partial charge in [0, 0.05) is 16.5 Å². The van der Waals surface area contributed by atoms with Gasteiger partial charge in [0.05, 0.1) is 12.7 Å².